The molecule has 6 heteroatoms. The number of nitrogens with zero attached hydrogens (tertiary/aromatic N) is 3. The average Bonchev–Trinajstić information content (AvgIpc) is 2.99. The van der Waals surface area contributed by atoms with Gasteiger partial charge < -0.3 is 5.32 Å². The molecule has 1 fully saturated rings. The molecule has 134 valence electrons. The van der Waals surface area contributed by atoms with Crippen LogP contribution in [-0.2, 0) is 11.3 Å². The Hall–Kier alpha value is -1.76. The van der Waals surface area contributed by atoms with Crippen LogP contribution >= 0.6 is 11.3 Å². The van der Waals surface area contributed by atoms with Gasteiger partial charge in [0.2, 0.25) is 5.91 Å². The topological polar surface area (TPSA) is 48.5 Å². The third-order valence-corrected chi connectivity index (χ3v) is 5.40. The van der Waals surface area contributed by atoms with Crippen molar-refractivity contribution in [2.24, 2.45) is 0 Å². The van der Waals surface area contributed by atoms with Gasteiger partial charge in [-0.15, -0.1) is 11.3 Å². The van der Waals surface area contributed by atoms with Gasteiger partial charge in [-0.25, -0.2) is 4.98 Å². The maximum Gasteiger partial charge on any atom is 0.238 e. The number of amides is 1. The number of hydrogen-bond acceptors (Lipinski definition) is 5. The highest BCUT2D eigenvalue weighted by Gasteiger charge is 2.18. The Labute approximate surface area is 153 Å². The van der Waals surface area contributed by atoms with Crippen LogP contribution in [0, 0.1) is 13.8 Å². The molecule has 0 radical (unpaired) electrons. The van der Waals surface area contributed by atoms with Gasteiger partial charge in [-0.2, -0.15) is 0 Å². The lowest BCUT2D eigenvalue weighted by Crippen LogP contribution is -2.36. The number of hydrogen-bond donors (Lipinski definition) is 1. The number of para-hydroxylation sites is 1. The van der Waals surface area contributed by atoms with E-state index in [1.165, 1.54) is 5.01 Å². The summed E-state index contributed by atoms with van der Waals surface area (Å²) in [6, 6.07) is 6.09. The molecule has 2 heterocycles. The van der Waals surface area contributed by atoms with Gasteiger partial charge in [0, 0.05) is 30.4 Å². The number of carbonyl (C=O) groups is 1. The second-order valence-electron chi connectivity index (χ2n) is 6.65. The molecule has 0 aliphatic carbocycles. The summed E-state index contributed by atoms with van der Waals surface area (Å²) < 4.78 is 0. The third kappa shape index (κ3) is 5.11. The summed E-state index contributed by atoms with van der Waals surface area (Å²) in [4.78, 5) is 21.5. The Morgan fingerprint density at radius 3 is 2.60 bits per heavy atom. The Balaban J connectivity index is 1.50. The van der Waals surface area contributed by atoms with Crippen molar-refractivity contribution >= 4 is 22.9 Å². The van der Waals surface area contributed by atoms with Crippen molar-refractivity contribution in [2.75, 3.05) is 38.0 Å². The van der Waals surface area contributed by atoms with E-state index >= 15 is 0 Å². The predicted octanol–water partition coefficient (Wildman–Crippen LogP) is 2.91. The summed E-state index contributed by atoms with van der Waals surface area (Å²) >= 11 is 1.71. The summed E-state index contributed by atoms with van der Waals surface area (Å²) in [7, 11) is 0. The lowest BCUT2D eigenvalue weighted by atomic mass is 10.1. The van der Waals surface area contributed by atoms with Crippen LogP contribution < -0.4 is 5.32 Å². The largest absolute Gasteiger partial charge is 0.324 e. The zero-order chi connectivity index (χ0) is 17.6. The quantitative estimate of drug-likeness (QED) is 0.893. The first-order valence-electron chi connectivity index (χ1n) is 8.81. The normalized spacial score (nSPS) is 16.6. The minimum atomic E-state index is 0.0748. The molecule has 1 N–H and O–H groups in total. The van der Waals surface area contributed by atoms with Crippen LogP contribution in [0.15, 0.2) is 29.8 Å². The van der Waals surface area contributed by atoms with E-state index < -0.39 is 0 Å². The maximum atomic E-state index is 12.5. The van der Waals surface area contributed by atoms with Crippen molar-refractivity contribution < 1.29 is 4.79 Å². The van der Waals surface area contributed by atoms with Crippen molar-refractivity contribution in [3.8, 4) is 0 Å². The molecule has 1 aromatic heterocycles. The van der Waals surface area contributed by atoms with E-state index in [0.717, 1.165) is 56.0 Å². The highest BCUT2D eigenvalue weighted by Crippen LogP contribution is 2.19. The van der Waals surface area contributed by atoms with E-state index in [-0.39, 0.29) is 5.91 Å². The van der Waals surface area contributed by atoms with Crippen LogP contribution in [0.25, 0.3) is 0 Å². The summed E-state index contributed by atoms with van der Waals surface area (Å²) in [5, 5.41) is 6.28. The number of aromatic nitrogens is 1. The molecule has 5 nitrogen and oxygen atoms in total. The smallest absolute Gasteiger partial charge is 0.238 e. The number of carbonyl (C=O) groups excluding carboxylic acids is 1. The second-order valence-corrected chi connectivity index (χ2v) is 7.63. The van der Waals surface area contributed by atoms with Gasteiger partial charge in [0.1, 0.15) is 5.01 Å². The van der Waals surface area contributed by atoms with Gasteiger partial charge in [0.05, 0.1) is 13.1 Å². The van der Waals surface area contributed by atoms with Crippen molar-refractivity contribution in [2.45, 2.75) is 26.8 Å². The van der Waals surface area contributed by atoms with Gasteiger partial charge in [-0.1, -0.05) is 18.2 Å². The van der Waals surface area contributed by atoms with Crippen molar-refractivity contribution in [1.29, 1.82) is 0 Å². The summed E-state index contributed by atoms with van der Waals surface area (Å²) in [6.07, 6.45) is 2.95. The molecule has 0 spiro atoms. The first kappa shape index (κ1) is 18.0. The number of anilines is 1. The number of aryl methyl sites for hydroxylation is 2. The standard InChI is InChI=1S/C19H26N4OS/c1-15-5-3-6-16(2)19(15)21-17(24)13-22-8-4-9-23(11-10-22)14-18-20-7-12-25-18/h3,5-7,12H,4,8-11,13-14H2,1-2H3,(H,21,24). The highest BCUT2D eigenvalue weighted by atomic mass is 32.1. The molecule has 0 saturated carbocycles. The molecule has 0 bridgehead atoms. The summed E-state index contributed by atoms with van der Waals surface area (Å²) in [5.74, 6) is 0.0748. The molecular weight excluding hydrogens is 332 g/mol. The fourth-order valence-electron chi connectivity index (χ4n) is 3.26. The van der Waals surface area contributed by atoms with Gasteiger partial charge in [0.25, 0.3) is 0 Å². The van der Waals surface area contributed by atoms with E-state index in [1.807, 2.05) is 43.6 Å². The SMILES string of the molecule is Cc1cccc(C)c1NC(=O)CN1CCCN(Cc2nccs2)CC1. The van der Waals surface area contributed by atoms with E-state index in [4.69, 9.17) is 0 Å². The van der Waals surface area contributed by atoms with E-state index in [1.54, 1.807) is 11.3 Å². The number of benzene rings is 1. The molecule has 3 rings (SSSR count). The Morgan fingerprint density at radius 1 is 1.16 bits per heavy atom. The third-order valence-electron chi connectivity index (χ3n) is 4.64. The highest BCUT2D eigenvalue weighted by molar-refractivity contribution is 7.09. The first-order chi connectivity index (χ1) is 12.1. The number of nitrogens with one attached hydrogen (secondary N) is 1. The minimum absolute atomic E-state index is 0.0748. The minimum Gasteiger partial charge on any atom is -0.324 e. The van der Waals surface area contributed by atoms with Crippen molar-refractivity contribution in [3.63, 3.8) is 0 Å². The van der Waals surface area contributed by atoms with Crippen LogP contribution in [0.5, 0.6) is 0 Å². The molecule has 0 unspecified atom stereocenters. The number of thiazole rings is 1. The number of rotatable bonds is 5. The Kier molecular flexibility index (Phi) is 6.18. The summed E-state index contributed by atoms with van der Waals surface area (Å²) in [6.45, 7) is 9.37. The predicted molar refractivity (Wildman–Crippen MR) is 103 cm³/mol. The molecule has 0 atom stereocenters. The van der Waals surface area contributed by atoms with Crippen LogP contribution in [0.4, 0.5) is 5.69 Å². The maximum absolute atomic E-state index is 12.5. The molecule has 1 amide bonds. The molecule has 1 aromatic carbocycles. The van der Waals surface area contributed by atoms with E-state index in [9.17, 15) is 4.79 Å². The van der Waals surface area contributed by atoms with Gasteiger partial charge >= 0.3 is 0 Å². The molecule has 1 aliphatic rings. The Bertz CT molecular complexity index is 681. The molecule has 1 saturated heterocycles. The van der Waals surface area contributed by atoms with Crippen LogP contribution in [0.1, 0.15) is 22.6 Å². The Morgan fingerprint density at radius 2 is 1.88 bits per heavy atom. The first-order valence-corrected chi connectivity index (χ1v) is 9.69. The van der Waals surface area contributed by atoms with Crippen LogP contribution in [0.3, 0.4) is 0 Å². The van der Waals surface area contributed by atoms with E-state index in [2.05, 4.69) is 20.1 Å². The zero-order valence-electron chi connectivity index (χ0n) is 15.0. The fourth-order valence-corrected chi connectivity index (χ4v) is 3.91. The van der Waals surface area contributed by atoms with Crippen molar-refractivity contribution in [3.05, 3.63) is 45.9 Å². The van der Waals surface area contributed by atoms with Crippen molar-refractivity contribution in [1.82, 2.24) is 14.8 Å². The zero-order valence-corrected chi connectivity index (χ0v) is 15.8. The van der Waals surface area contributed by atoms with Gasteiger partial charge in [-0.05, 0) is 44.5 Å². The lowest BCUT2D eigenvalue weighted by molar-refractivity contribution is -0.117. The summed E-state index contributed by atoms with van der Waals surface area (Å²) in [5.41, 5.74) is 3.17. The monoisotopic (exact) mass is 358 g/mol. The second kappa shape index (κ2) is 8.56. The van der Waals surface area contributed by atoms with E-state index in [0.29, 0.717) is 6.54 Å². The van der Waals surface area contributed by atoms with Gasteiger partial charge in [0.15, 0.2) is 0 Å². The average molecular weight is 359 g/mol. The molecular formula is C19H26N4OS. The van der Waals surface area contributed by atoms with Crippen LogP contribution in [-0.4, -0.2) is 53.4 Å². The lowest BCUT2D eigenvalue weighted by Gasteiger charge is -2.21. The fraction of sp³-hybridized carbons (Fsp3) is 0.474. The molecule has 1 aliphatic heterocycles. The van der Waals surface area contributed by atoms with Crippen LogP contribution in [0.2, 0.25) is 0 Å². The van der Waals surface area contributed by atoms with Gasteiger partial charge in [-0.3, -0.25) is 14.6 Å². The molecule has 2 aromatic rings. The molecule has 25 heavy (non-hydrogen) atoms.